The quantitative estimate of drug-likeness (QED) is 0.839. The van der Waals surface area contributed by atoms with Crippen LogP contribution in [0.1, 0.15) is 18.4 Å². The van der Waals surface area contributed by atoms with Gasteiger partial charge in [0.2, 0.25) is 0 Å². The van der Waals surface area contributed by atoms with Gasteiger partial charge in [-0.15, -0.1) is 0 Å². The van der Waals surface area contributed by atoms with Crippen LogP contribution in [-0.2, 0) is 6.54 Å². The van der Waals surface area contributed by atoms with Crippen molar-refractivity contribution in [2.24, 2.45) is 0 Å². The highest BCUT2D eigenvalue weighted by atomic mass is 19.4. The third-order valence-electron chi connectivity index (χ3n) is 3.12. The lowest BCUT2D eigenvalue weighted by Gasteiger charge is -2.33. The monoisotopic (exact) mass is 258 g/mol. The molecule has 1 heterocycles. The summed E-state index contributed by atoms with van der Waals surface area (Å²) in [6, 6.07) is 9.35. The normalized spacial score (nSPS) is 22.1. The van der Waals surface area contributed by atoms with Crippen molar-refractivity contribution in [2.75, 3.05) is 13.1 Å². The largest absolute Gasteiger partial charge is 0.457 e. The second-order valence-corrected chi connectivity index (χ2v) is 4.70. The molecule has 0 aromatic heterocycles. The predicted molar refractivity (Wildman–Crippen MR) is 63.9 cm³/mol. The third-order valence-corrected chi connectivity index (χ3v) is 3.12. The van der Waals surface area contributed by atoms with Crippen LogP contribution >= 0.6 is 0 Å². The van der Waals surface area contributed by atoms with E-state index in [1.807, 2.05) is 30.3 Å². The van der Waals surface area contributed by atoms with Crippen molar-refractivity contribution in [3.63, 3.8) is 0 Å². The summed E-state index contributed by atoms with van der Waals surface area (Å²) in [6.07, 6.45) is -2.88. The Hall–Kier alpha value is -1.07. The molecule has 1 aromatic rings. The van der Waals surface area contributed by atoms with Crippen molar-refractivity contribution < 1.29 is 13.2 Å². The molecule has 5 heteroatoms. The van der Waals surface area contributed by atoms with E-state index in [0.717, 1.165) is 25.1 Å². The van der Waals surface area contributed by atoms with Crippen molar-refractivity contribution >= 4 is 0 Å². The van der Waals surface area contributed by atoms with E-state index in [2.05, 4.69) is 4.90 Å². The summed E-state index contributed by atoms with van der Waals surface area (Å²) in [5.74, 6) is 0. The van der Waals surface area contributed by atoms with Crippen molar-refractivity contribution in [1.82, 2.24) is 10.2 Å². The Morgan fingerprint density at radius 3 is 2.61 bits per heavy atom. The zero-order valence-corrected chi connectivity index (χ0v) is 10.1. The molecule has 1 atom stereocenters. The van der Waals surface area contributed by atoms with E-state index in [1.54, 1.807) is 5.32 Å². The smallest absolute Gasteiger partial charge is 0.298 e. The molecule has 1 N–H and O–H groups in total. The van der Waals surface area contributed by atoms with Crippen molar-refractivity contribution in [3.05, 3.63) is 35.9 Å². The number of rotatable bonds is 3. The average molecular weight is 258 g/mol. The van der Waals surface area contributed by atoms with Crippen LogP contribution in [0.25, 0.3) is 0 Å². The summed E-state index contributed by atoms with van der Waals surface area (Å²) in [7, 11) is 0. The maximum absolute atomic E-state index is 12.3. The SMILES string of the molecule is FC(F)(F)N[C@H]1CCCN(Cc2ccccc2)C1. The maximum Gasteiger partial charge on any atom is 0.457 e. The van der Waals surface area contributed by atoms with Crippen LogP contribution < -0.4 is 5.32 Å². The maximum atomic E-state index is 12.3. The average Bonchev–Trinajstić information content (AvgIpc) is 2.28. The van der Waals surface area contributed by atoms with Gasteiger partial charge < -0.3 is 0 Å². The predicted octanol–water partition coefficient (Wildman–Crippen LogP) is 2.76. The van der Waals surface area contributed by atoms with Crippen LogP contribution in [0.5, 0.6) is 0 Å². The first-order chi connectivity index (χ1) is 8.53. The minimum Gasteiger partial charge on any atom is -0.298 e. The third kappa shape index (κ3) is 4.31. The second-order valence-electron chi connectivity index (χ2n) is 4.70. The molecule has 0 radical (unpaired) electrons. The van der Waals surface area contributed by atoms with Crippen LogP contribution in [0.4, 0.5) is 13.2 Å². The van der Waals surface area contributed by atoms with E-state index >= 15 is 0 Å². The van der Waals surface area contributed by atoms with Gasteiger partial charge in [-0.05, 0) is 24.9 Å². The van der Waals surface area contributed by atoms with Crippen molar-refractivity contribution in [1.29, 1.82) is 0 Å². The zero-order chi connectivity index (χ0) is 13.0. The van der Waals surface area contributed by atoms with Crippen LogP contribution in [0.2, 0.25) is 0 Å². The molecule has 0 spiro atoms. The van der Waals surface area contributed by atoms with Gasteiger partial charge in [0.15, 0.2) is 0 Å². The molecule has 1 aliphatic rings. The van der Waals surface area contributed by atoms with E-state index in [0.29, 0.717) is 13.0 Å². The molecule has 0 amide bonds. The minimum absolute atomic E-state index is 0.453. The van der Waals surface area contributed by atoms with Gasteiger partial charge in [0.05, 0.1) is 0 Å². The van der Waals surface area contributed by atoms with E-state index in [1.165, 1.54) is 0 Å². The van der Waals surface area contributed by atoms with Gasteiger partial charge in [0, 0.05) is 19.1 Å². The van der Waals surface area contributed by atoms with Crippen LogP contribution in [-0.4, -0.2) is 30.3 Å². The minimum atomic E-state index is -4.28. The first-order valence-corrected chi connectivity index (χ1v) is 6.14. The standard InChI is InChI=1S/C13H17F3N2/c14-13(15,16)17-12-7-4-8-18(10-12)9-11-5-2-1-3-6-11/h1-3,5-6,12,17H,4,7-10H2/t12-/m0/s1. The highest BCUT2D eigenvalue weighted by molar-refractivity contribution is 5.14. The number of nitrogens with zero attached hydrogens (tertiary/aromatic N) is 1. The summed E-state index contributed by atoms with van der Waals surface area (Å²) >= 11 is 0. The second kappa shape index (κ2) is 5.71. The zero-order valence-electron chi connectivity index (χ0n) is 10.1. The Morgan fingerprint density at radius 2 is 1.94 bits per heavy atom. The number of hydrogen-bond acceptors (Lipinski definition) is 2. The Kier molecular flexibility index (Phi) is 4.24. The molecule has 18 heavy (non-hydrogen) atoms. The van der Waals surface area contributed by atoms with E-state index in [-0.39, 0.29) is 0 Å². The molecule has 1 aliphatic heterocycles. The number of alkyl halides is 3. The van der Waals surface area contributed by atoms with Crippen molar-refractivity contribution in [2.45, 2.75) is 31.7 Å². The van der Waals surface area contributed by atoms with Gasteiger partial charge >= 0.3 is 6.30 Å². The van der Waals surface area contributed by atoms with E-state index in [9.17, 15) is 13.2 Å². The number of likely N-dealkylation sites (tertiary alicyclic amines) is 1. The van der Waals surface area contributed by atoms with Crippen LogP contribution in [0, 0.1) is 0 Å². The highest BCUT2D eigenvalue weighted by Crippen LogP contribution is 2.18. The number of hydrogen-bond donors (Lipinski definition) is 1. The molecule has 2 rings (SSSR count). The van der Waals surface area contributed by atoms with Crippen molar-refractivity contribution in [3.8, 4) is 0 Å². The molecular formula is C13H17F3N2. The first-order valence-electron chi connectivity index (χ1n) is 6.14. The molecule has 0 bridgehead atoms. The number of piperidine rings is 1. The molecule has 1 saturated heterocycles. The van der Waals surface area contributed by atoms with Gasteiger partial charge in [-0.1, -0.05) is 30.3 Å². The van der Waals surface area contributed by atoms with Gasteiger partial charge in [0.25, 0.3) is 0 Å². The van der Waals surface area contributed by atoms with Gasteiger partial charge in [-0.3, -0.25) is 4.90 Å². The lowest BCUT2D eigenvalue weighted by atomic mass is 10.0. The Balaban J connectivity index is 1.87. The van der Waals surface area contributed by atoms with Crippen LogP contribution in [0.3, 0.4) is 0 Å². The number of halogens is 3. The summed E-state index contributed by atoms with van der Waals surface area (Å²) in [4.78, 5) is 2.07. The fourth-order valence-electron chi connectivity index (χ4n) is 2.39. The molecule has 2 nitrogen and oxygen atoms in total. The molecule has 0 aliphatic carbocycles. The van der Waals surface area contributed by atoms with E-state index < -0.39 is 12.3 Å². The molecule has 1 aromatic carbocycles. The molecular weight excluding hydrogens is 241 g/mol. The van der Waals surface area contributed by atoms with Gasteiger partial charge in [-0.25, -0.2) is 5.32 Å². The molecule has 100 valence electrons. The summed E-state index contributed by atoms with van der Waals surface area (Å²) < 4.78 is 36.8. The Labute approximate surface area is 105 Å². The topological polar surface area (TPSA) is 15.3 Å². The Morgan fingerprint density at radius 1 is 1.22 bits per heavy atom. The van der Waals surface area contributed by atoms with Crippen LogP contribution in [0.15, 0.2) is 30.3 Å². The van der Waals surface area contributed by atoms with E-state index in [4.69, 9.17) is 0 Å². The summed E-state index contributed by atoms with van der Waals surface area (Å²) in [6.45, 7) is 2.04. The summed E-state index contributed by atoms with van der Waals surface area (Å²) in [5.41, 5.74) is 1.14. The fraction of sp³-hybridized carbons (Fsp3) is 0.538. The number of benzene rings is 1. The molecule has 0 unspecified atom stereocenters. The van der Waals surface area contributed by atoms with Gasteiger partial charge in [0.1, 0.15) is 0 Å². The first kappa shape index (κ1) is 13.4. The lowest BCUT2D eigenvalue weighted by Crippen LogP contribution is -2.50. The molecule has 1 fully saturated rings. The lowest BCUT2D eigenvalue weighted by molar-refractivity contribution is -0.167. The number of nitrogens with one attached hydrogen (secondary N) is 1. The fourth-order valence-corrected chi connectivity index (χ4v) is 2.39. The Bertz CT molecular complexity index is 364. The molecule has 0 saturated carbocycles. The highest BCUT2D eigenvalue weighted by Gasteiger charge is 2.32. The summed E-state index contributed by atoms with van der Waals surface area (Å²) in [5, 5.41) is 1.73. The van der Waals surface area contributed by atoms with Gasteiger partial charge in [-0.2, -0.15) is 13.2 Å².